The first-order valence-electron chi connectivity index (χ1n) is 5.84. The van der Waals surface area contributed by atoms with Gasteiger partial charge in [-0.3, -0.25) is 23.9 Å². The van der Waals surface area contributed by atoms with E-state index in [1.807, 2.05) is 0 Å². The predicted molar refractivity (Wildman–Crippen MR) is 75.6 cm³/mol. The van der Waals surface area contributed by atoms with Gasteiger partial charge in [-0.25, -0.2) is 0 Å². The fraction of sp³-hybridized carbons (Fsp3) is 0.0833. The number of hydrogen-bond donors (Lipinski definition) is 0. The molecule has 106 valence electrons. The van der Waals surface area contributed by atoms with Crippen LogP contribution in [0.2, 0.25) is 0 Å². The highest BCUT2D eigenvalue weighted by Gasteiger charge is 2.18. The van der Waals surface area contributed by atoms with Crippen LogP contribution in [0.25, 0.3) is 16.5 Å². The van der Waals surface area contributed by atoms with E-state index in [1.165, 1.54) is 24.8 Å². The number of aromatic nitrogens is 4. The first-order valence-corrected chi connectivity index (χ1v) is 7.40. The van der Waals surface area contributed by atoms with Crippen LogP contribution >= 0.6 is 0 Å². The second kappa shape index (κ2) is 5.02. The topological polar surface area (TPSA) is 104 Å². The van der Waals surface area contributed by atoms with Crippen LogP contribution in [-0.2, 0) is 10.8 Å². The molecule has 0 saturated heterocycles. The Bertz CT molecular complexity index is 876. The van der Waals surface area contributed by atoms with Gasteiger partial charge >= 0.3 is 0 Å². The molecule has 2 aromatic heterocycles. The first kappa shape index (κ1) is 13.3. The Morgan fingerprint density at radius 3 is 2.81 bits per heavy atom. The molecule has 0 aliphatic rings. The van der Waals surface area contributed by atoms with Crippen molar-refractivity contribution in [2.24, 2.45) is 0 Å². The number of non-ortho nitro benzene ring substituents is 1. The van der Waals surface area contributed by atoms with Gasteiger partial charge in [0.15, 0.2) is 0 Å². The van der Waals surface area contributed by atoms with Crippen LogP contribution in [0.1, 0.15) is 0 Å². The lowest BCUT2D eigenvalue weighted by Gasteiger charge is -2.08. The summed E-state index contributed by atoms with van der Waals surface area (Å²) in [7, 11) is -1.33. The van der Waals surface area contributed by atoms with E-state index in [2.05, 4.69) is 15.2 Å². The van der Waals surface area contributed by atoms with E-state index < -0.39 is 15.7 Å². The highest BCUT2D eigenvalue weighted by Crippen LogP contribution is 2.30. The van der Waals surface area contributed by atoms with Crippen molar-refractivity contribution in [3.05, 3.63) is 47.0 Å². The van der Waals surface area contributed by atoms with Crippen molar-refractivity contribution in [3.63, 3.8) is 0 Å². The van der Waals surface area contributed by atoms with Gasteiger partial charge < -0.3 is 0 Å². The van der Waals surface area contributed by atoms with E-state index in [0.29, 0.717) is 16.5 Å². The molecule has 3 rings (SSSR count). The molecule has 3 aromatic rings. The number of nitro benzene ring substituents is 1. The average Bonchev–Trinajstić information content (AvgIpc) is 2.95. The zero-order valence-corrected chi connectivity index (χ0v) is 11.6. The highest BCUT2D eigenvalue weighted by molar-refractivity contribution is 7.84. The molecule has 8 nitrogen and oxygen atoms in total. The van der Waals surface area contributed by atoms with Crippen LogP contribution in [-0.4, -0.2) is 35.1 Å². The van der Waals surface area contributed by atoms with Gasteiger partial charge in [0.05, 0.1) is 26.8 Å². The molecule has 0 bridgehead atoms. The molecular formula is C12H9N5O3S. The third-order valence-corrected chi connectivity index (χ3v) is 3.79. The number of fused-ring (bicyclic) bond motifs is 1. The molecule has 9 heteroatoms. The van der Waals surface area contributed by atoms with Gasteiger partial charge in [0, 0.05) is 30.1 Å². The van der Waals surface area contributed by atoms with Gasteiger partial charge in [-0.15, -0.1) is 10.2 Å². The Balaban J connectivity index is 2.35. The van der Waals surface area contributed by atoms with Crippen molar-refractivity contribution < 1.29 is 9.13 Å². The van der Waals surface area contributed by atoms with E-state index in [-0.39, 0.29) is 10.8 Å². The molecule has 21 heavy (non-hydrogen) atoms. The van der Waals surface area contributed by atoms with Crippen LogP contribution in [0.3, 0.4) is 0 Å². The SMILES string of the molecule is CS(=O)c1nncn1-c1ccc([N+](=O)[O-])c2cnccc12. The van der Waals surface area contributed by atoms with E-state index in [1.54, 1.807) is 22.9 Å². The van der Waals surface area contributed by atoms with Crippen molar-refractivity contribution in [2.75, 3.05) is 6.26 Å². The number of pyridine rings is 1. The summed E-state index contributed by atoms with van der Waals surface area (Å²) in [4.78, 5) is 14.6. The lowest BCUT2D eigenvalue weighted by Crippen LogP contribution is -2.03. The maximum Gasteiger partial charge on any atom is 0.278 e. The minimum Gasteiger partial charge on any atom is -0.274 e. The lowest BCUT2D eigenvalue weighted by atomic mass is 10.1. The fourth-order valence-electron chi connectivity index (χ4n) is 2.11. The molecule has 0 N–H and O–H groups in total. The Morgan fingerprint density at radius 2 is 2.10 bits per heavy atom. The fourth-order valence-corrected chi connectivity index (χ4v) is 2.70. The zero-order valence-electron chi connectivity index (χ0n) is 10.8. The minimum atomic E-state index is -1.33. The Labute approximate surface area is 121 Å². The van der Waals surface area contributed by atoms with E-state index >= 15 is 0 Å². The third-order valence-electron chi connectivity index (χ3n) is 3.00. The summed E-state index contributed by atoms with van der Waals surface area (Å²) in [5.74, 6) is 0. The molecule has 1 aromatic carbocycles. The summed E-state index contributed by atoms with van der Waals surface area (Å²) in [6.07, 6.45) is 5.90. The maximum atomic E-state index is 11.7. The maximum absolute atomic E-state index is 11.7. The molecule has 2 heterocycles. The molecule has 0 spiro atoms. The van der Waals surface area contributed by atoms with Gasteiger partial charge in [0.25, 0.3) is 5.69 Å². The first-order chi connectivity index (χ1) is 10.1. The molecule has 0 aliphatic carbocycles. The van der Waals surface area contributed by atoms with Crippen molar-refractivity contribution in [3.8, 4) is 5.69 Å². The van der Waals surface area contributed by atoms with Gasteiger partial charge in [-0.05, 0) is 12.1 Å². The number of rotatable bonds is 3. The summed E-state index contributed by atoms with van der Waals surface area (Å²) >= 11 is 0. The molecular weight excluding hydrogens is 294 g/mol. The third kappa shape index (κ3) is 2.17. The van der Waals surface area contributed by atoms with Crippen molar-refractivity contribution in [2.45, 2.75) is 5.16 Å². The van der Waals surface area contributed by atoms with Crippen LogP contribution in [0.15, 0.2) is 42.1 Å². The van der Waals surface area contributed by atoms with Crippen LogP contribution in [0.4, 0.5) is 5.69 Å². The van der Waals surface area contributed by atoms with Crippen LogP contribution < -0.4 is 0 Å². The van der Waals surface area contributed by atoms with Gasteiger partial charge in [0.2, 0.25) is 5.16 Å². The lowest BCUT2D eigenvalue weighted by molar-refractivity contribution is -0.383. The molecule has 0 fully saturated rings. The standard InChI is InChI=1S/C12H9N5O3S/c1-21(20)12-15-14-7-16(12)10-2-3-11(17(18)19)9-6-13-5-4-8(9)10/h2-7H,1H3. The Kier molecular flexibility index (Phi) is 3.18. The minimum absolute atomic E-state index is 0.0332. The quantitative estimate of drug-likeness (QED) is 0.536. The van der Waals surface area contributed by atoms with Crippen molar-refractivity contribution in [1.29, 1.82) is 0 Å². The van der Waals surface area contributed by atoms with Gasteiger partial charge in [-0.2, -0.15) is 0 Å². The monoisotopic (exact) mass is 303 g/mol. The summed E-state index contributed by atoms with van der Waals surface area (Å²) < 4.78 is 13.2. The normalized spacial score (nSPS) is 12.4. The number of nitrogens with zero attached hydrogens (tertiary/aromatic N) is 5. The molecule has 1 atom stereocenters. The van der Waals surface area contributed by atoms with Gasteiger partial charge in [-0.1, -0.05) is 0 Å². The smallest absolute Gasteiger partial charge is 0.274 e. The highest BCUT2D eigenvalue weighted by atomic mass is 32.2. The van der Waals surface area contributed by atoms with Crippen molar-refractivity contribution >= 4 is 27.3 Å². The summed E-state index contributed by atoms with van der Waals surface area (Å²) in [5, 5.41) is 20.0. The second-order valence-electron chi connectivity index (χ2n) is 4.22. The Hall–Kier alpha value is -2.68. The number of benzene rings is 1. The Morgan fingerprint density at radius 1 is 1.29 bits per heavy atom. The molecule has 0 amide bonds. The number of nitro groups is 1. The van der Waals surface area contributed by atoms with Gasteiger partial charge in [0.1, 0.15) is 6.33 Å². The molecule has 0 aliphatic heterocycles. The van der Waals surface area contributed by atoms with Crippen LogP contribution in [0, 0.1) is 10.1 Å². The van der Waals surface area contributed by atoms with Crippen molar-refractivity contribution in [1.82, 2.24) is 19.7 Å². The number of hydrogen-bond acceptors (Lipinski definition) is 6. The van der Waals surface area contributed by atoms with E-state index in [4.69, 9.17) is 0 Å². The summed E-state index contributed by atoms with van der Waals surface area (Å²) in [6.45, 7) is 0. The average molecular weight is 303 g/mol. The molecule has 0 radical (unpaired) electrons. The molecule has 1 unspecified atom stereocenters. The van der Waals surface area contributed by atoms with E-state index in [0.717, 1.165) is 0 Å². The van der Waals surface area contributed by atoms with E-state index in [9.17, 15) is 14.3 Å². The zero-order chi connectivity index (χ0) is 15.0. The van der Waals surface area contributed by atoms with Crippen LogP contribution in [0.5, 0.6) is 0 Å². The molecule has 0 saturated carbocycles. The predicted octanol–water partition coefficient (Wildman–Crippen LogP) is 1.46. The summed E-state index contributed by atoms with van der Waals surface area (Å²) in [5.41, 5.74) is 0.585. The largest absolute Gasteiger partial charge is 0.278 e. The summed E-state index contributed by atoms with van der Waals surface area (Å²) in [6, 6.07) is 4.64. The second-order valence-corrected chi connectivity index (χ2v) is 5.49.